The van der Waals surface area contributed by atoms with Gasteiger partial charge >= 0.3 is 5.97 Å². The van der Waals surface area contributed by atoms with Crippen LogP contribution in [-0.2, 0) is 19.4 Å². The van der Waals surface area contributed by atoms with E-state index in [1.54, 1.807) is 13.2 Å². The first-order valence-electron chi connectivity index (χ1n) is 8.29. The molecule has 2 aromatic carbocycles. The van der Waals surface area contributed by atoms with Gasteiger partial charge in [0.05, 0.1) is 12.7 Å². The van der Waals surface area contributed by atoms with Crippen molar-refractivity contribution in [2.24, 2.45) is 0 Å². The molecule has 1 atom stereocenters. The lowest BCUT2D eigenvalue weighted by atomic mass is 9.87. The molecule has 3 rings (SSSR count). The topological polar surface area (TPSA) is 58.6 Å². The summed E-state index contributed by atoms with van der Waals surface area (Å²) in [5.41, 5.74) is 4.98. The number of rotatable bonds is 5. The van der Waals surface area contributed by atoms with Crippen molar-refractivity contribution in [1.29, 1.82) is 0 Å². The third-order valence-electron chi connectivity index (χ3n) is 4.78. The molecule has 0 amide bonds. The van der Waals surface area contributed by atoms with E-state index in [1.807, 2.05) is 25.1 Å². The lowest BCUT2D eigenvalue weighted by Crippen LogP contribution is -2.34. The first kappa shape index (κ1) is 16.5. The monoisotopic (exact) mass is 325 g/mol. The van der Waals surface area contributed by atoms with Gasteiger partial charge in [0.1, 0.15) is 5.75 Å². The van der Waals surface area contributed by atoms with E-state index in [1.165, 1.54) is 11.1 Å². The van der Waals surface area contributed by atoms with Gasteiger partial charge in [0.25, 0.3) is 0 Å². The number of hydrogen-bond acceptors (Lipinski definition) is 3. The van der Waals surface area contributed by atoms with E-state index in [9.17, 15) is 4.79 Å². The SMILES string of the molecule is COc1cccc2c1CC(NCc1ccc(C(=O)O)c(C)c1)CC2. The molecular formula is C20H23NO3. The zero-order valence-corrected chi connectivity index (χ0v) is 14.1. The Morgan fingerprint density at radius 3 is 2.88 bits per heavy atom. The maximum absolute atomic E-state index is 11.1. The minimum absolute atomic E-state index is 0.370. The molecule has 0 aromatic heterocycles. The Balaban J connectivity index is 1.66. The number of nitrogens with one attached hydrogen (secondary N) is 1. The number of carbonyl (C=O) groups is 1. The number of ether oxygens (including phenoxy) is 1. The zero-order chi connectivity index (χ0) is 17.1. The van der Waals surface area contributed by atoms with E-state index in [4.69, 9.17) is 9.84 Å². The van der Waals surface area contributed by atoms with Gasteiger partial charge in [0.15, 0.2) is 0 Å². The molecule has 0 saturated heterocycles. The van der Waals surface area contributed by atoms with E-state index in [2.05, 4.69) is 17.4 Å². The predicted octanol–water partition coefficient (Wildman–Crippen LogP) is 3.35. The van der Waals surface area contributed by atoms with Crippen molar-refractivity contribution < 1.29 is 14.6 Å². The third-order valence-corrected chi connectivity index (χ3v) is 4.78. The molecule has 126 valence electrons. The average molecular weight is 325 g/mol. The normalized spacial score (nSPS) is 16.5. The maximum atomic E-state index is 11.1. The van der Waals surface area contributed by atoms with Crippen LogP contribution < -0.4 is 10.1 Å². The number of carboxylic acids is 1. The average Bonchev–Trinajstić information content (AvgIpc) is 2.59. The Morgan fingerprint density at radius 2 is 2.17 bits per heavy atom. The van der Waals surface area contributed by atoms with Crippen molar-refractivity contribution in [3.8, 4) is 5.75 Å². The molecule has 0 radical (unpaired) electrons. The van der Waals surface area contributed by atoms with Gasteiger partial charge < -0.3 is 15.2 Å². The Labute approximate surface area is 142 Å². The van der Waals surface area contributed by atoms with Gasteiger partial charge in [-0.05, 0) is 60.6 Å². The molecule has 0 spiro atoms. The fourth-order valence-corrected chi connectivity index (χ4v) is 3.46. The molecule has 0 bridgehead atoms. The highest BCUT2D eigenvalue weighted by molar-refractivity contribution is 5.89. The number of aryl methyl sites for hydroxylation is 2. The van der Waals surface area contributed by atoms with Crippen molar-refractivity contribution in [3.05, 3.63) is 64.2 Å². The van der Waals surface area contributed by atoms with Gasteiger partial charge in [-0.15, -0.1) is 0 Å². The summed E-state index contributed by atoms with van der Waals surface area (Å²) in [7, 11) is 1.72. The summed E-state index contributed by atoms with van der Waals surface area (Å²) < 4.78 is 5.49. The molecule has 4 nitrogen and oxygen atoms in total. The Hall–Kier alpha value is -2.33. The van der Waals surface area contributed by atoms with E-state index in [-0.39, 0.29) is 0 Å². The van der Waals surface area contributed by atoms with Crippen molar-refractivity contribution in [2.75, 3.05) is 7.11 Å². The molecule has 0 fully saturated rings. The molecule has 1 aliphatic rings. The maximum Gasteiger partial charge on any atom is 0.335 e. The minimum Gasteiger partial charge on any atom is -0.496 e. The fourth-order valence-electron chi connectivity index (χ4n) is 3.46. The largest absolute Gasteiger partial charge is 0.496 e. The molecule has 0 saturated carbocycles. The van der Waals surface area contributed by atoms with Crippen LogP contribution in [-0.4, -0.2) is 24.2 Å². The van der Waals surface area contributed by atoms with Crippen LogP contribution in [0.3, 0.4) is 0 Å². The summed E-state index contributed by atoms with van der Waals surface area (Å²) in [6.45, 7) is 2.59. The summed E-state index contributed by atoms with van der Waals surface area (Å²) in [5, 5.41) is 12.7. The summed E-state index contributed by atoms with van der Waals surface area (Å²) >= 11 is 0. The Kier molecular flexibility index (Phi) is 4.86. The summed E-state index contributed by atoms with van der Waals surface area (Å²) in [6.07, 6.45) is 3.12. The smallest absolute Gasteiger partial charge is 0.335 e. The second-order valence-electron chi connectivity index (χ2n) is 6.37. The van der Waals surface area contributed by atoms with Crippen LogP contribution in [0, 0.1) is 6.92 Å². The molecule has 2 N–H and O–H groups in total. The predicted molar refractivity (Wildman–Crippen MR) is 93.8 cm³/mol. The molecular weight excluding hydrogens is 302 g/mol. The lowest BCUT2D eigenvalue weighted by molar-refractivity contribution is 0.0696. The van der Waals surface area contributed by atoms with E-state index in [0.29, 0.717) is 11.6 Å². The summed E-state index contributed by atoms with van der Waals surface area (Å²) in [5.74, 6) is 0.101. The minimum atomic E-state index is -0.872. The molecule has 24 heavy (non-hydrogen) atoms. The fraction of sp³-hybridized carbons (Fsp3) is 0.350. The molecule has 0 aliphatic heterocycles. The van der Waals surface area contributed by atoms with E-state index < -0.39 is 5.97 Å². The van der Waals surface area contributed by atoms with Crippen LogP contribution in [0.15, 0.2) is 36.4 Å². The number of methoxy groups -OCH3 is 1. The number of carboxylic acid groups (broad SMARTS) is 1. The van der Waals surface area contributed by atoms with Crippen molar-refractivity contribution in [1.82, 2.24) is 5.32 Å². The first-order valence-corrected chi connectivity index (χ1v) is 8.29. The first-order chi connectivity index (χ1) is 11.6. The molecule has 2 aromatic rings. The number of benzene rings is 2. The number of hydrogen-bond donors (Lipinski definition) is 2. The van der Waals surface area contributed by atoms with Gasteiger partial charge in [-0.1, -0.05) is 24.3 Å². The third kappa shape index (κ3) is 3.44. The van der Waals surface area contributed by atoms with Gasteiger partial charge in [-0.2, -0.15) is 0 Å². The van der Waals surface area contributed by atoms with Gasteiger partial charge in [0, 0.05) is 12.6 Å². The van der Waals surface area contributed by atoms with Crippen molar-refractivity contribution in [3.63, 3.8) is 0 Å². The highest BCUT2D eigenvalue weighted by Crippen LogP contribution is 2.29. The lowest BCUT2D eigenvalue weighted by Gasteiger charge is -2.27. The molecule has 1 unspecified atom stereocenters. The second kappa shape index (κ2) is 7.05. The van der Waals surface area contributed by atoms with Crippen LogP contribution in [0.2, 0.25) is 0 Å². The molecule has 4 heteroatoms. The van der Waals surface area contributed by atoms with Crippen molar-refractivity contribution in [2.45, 2.75) is 38.8 Å². The Bertz CT molecular complexity index is 740. The van der Waals surface area contributed by atoms with E-state index >= 15 is 0 Å². The van der Waals surface area contributed by atoms with Gasteiger partial charge in [-0.3, -0.25) is 0 Å². The highest BCUT2D eigenvalue weighted by Gasteiger charge is 2.21. The summed E-state index contributed by atoms with van der Waals surface area (Å²) in [6, 6.07) is 12.2. The second-order valence-corrected chi connectivity index (χ2v) is 6.37. The van der Waals surface area contributed by atoms with Gasteiger partial charge in [0.2, 0.25) is 0 Å². The highest BCUT2D eigenvalue weighted by atomic mass is 16.5. The molecule has 1 aliphatic carbocycles. The van der Waals surface area contributed by atoms with Crippen molar-refractivity contribution >= 4 is 5.97 Å². The van der Waals surface area contributed by atoms with Crippen LogP contribution in [0.25, 0.3) is 0 Å². The van der Waals surface area contributed by atoms with Gasteiger partial charge in [-0.25, -0.2) is 4.79 Å². The molecule has 0 heterocycles. The van der Waals surface area contributed by atoms with Crippen LogP contribution in [0.5, 0.6) is 5.75 Å². The van der Waals surface area contributed by atoms with Crippen LogP contribution in [0.4, 0.5) is 0 Å². The number of aromatic carboxylic acids is 1. The Morgan fingerprint density at radius 1 is 1.33 bits per heavy atom. The zero-order valence-electron chi connectivity index (χ0n) is 14.1. The quantitative estimate of drug-likeness (QED) is 0.885. The standard InChI is InChI=1S/C20H23NO3/c1-13-10-14(6-9-17(13)20(22)23)12-21-16-8-7-15-4-3-5-19(24-2)18(15)11-16/h3-6,9-10,16,21H,7-8,11-12H2,1-2H3,(H,22,23). The van der Waals surface area contributed by atoms with Crippen LogP contribution >= 0.6 is 0 Å². The van der Waals surface area contributed by atoms with E-state index in [0.717, 1.165) is 42.7 Å². The summed E-state index contributed by atoms with van der Waals surface area (Å²) in [4.78, 5) is 11.1. The van der Waals surface area contributed by atoms with Crippen LogP contribution in [0.1, 0.15) is 39.0 Å². The number of fused-ring (bicyclic) bond motifs is 1.